The van der Waals surface area contributed by atoms with E-state index in [4.69, 9.17) is 4.74 Å². The quantitative estimate of drug-likeness (QED) is 0.713. The first kappa shape index (κ1) is 23.9. The van der Waals surface area contributed by atoms with Crippen molar-refractivity contribution in [2.45, 2.75) is 77.2 Å². The summed E-state index contributed by atoms with van der Waals surface area (Å²) < 4.78 is 7.88. The van der Waals surface area contributed by atoms with Crippen LogP contribution in [0.2, 0.25) is 0 Å². The molecule has 1 aromatic heterocycles. The van der Waals surface area contributed by atoms with Crippen molar-refractivity contribution in [3.05, 3.63) is 47.3 Å². The van der Waals surface area contributed by atoms with Crippen molar-refractivity contribution in [3.63, 3.8) is 0 Å². The molecule has 1 aliphatic carbocycles. The number of likely N-dealkylation sites (tertiary alicyclic amines) is 1. The number of benzene rings is 1. The summed E-state index contributed by atoms with van der Waals surface area (Å²) in [6, 6.07) is 8.28. The largest absolute Gasteiger partial charge is 0.493 e. The molecule has 2 aromatic rings. The van der Waals surface area contributed by atoms with Gasteiger partial charge in [0.05, 0.1) is 23.3 Å². The zero-order chi connectivity index (χ0) is 24.3. The number of fused-ring (bicyclic) bond motifs is 1. The van der Waals surface area contributed by atoms with E-state index in [9.17, 15) is 9.59 Å². The highest BCUT2D eigenvalue weighted by molar-refractivity contribution is 5.95. The number of carbonyl (C=O) groups excluding carboxylic acids is 2. The van der Waals surface area contributed by atoms with Gasteiger partial charge in [-0.1, -0.05) is 24.6 Å². The summed E-state index contributed by atoms with van der Waals surface area (Å²) in [4.78, 5) is 28.8. The van der Waals surface area contributed by atoms with Crippen molar-refractivity contribution in [1.82, 2.24) is 20.0 Å². The molecule has 0 bridgehead atoms. The first-order chi connectivity index (χ1) is 17.1. The number of rotatable bonds is 3. The van der Waals surface area contributed by atoms with Gasteiger partial charge < -0.3 is 15.0 Å². The van der Waals surface area contributed by atoms with Crippen LogP contribution in [0.15, 0.2) is 30.5 Å². The van der Waals surface area contributed by atoms with Crippen LogP contribution in [0.5, 0.6) is 5.75 Å². The van der Waals surface area contributed by atoms with Crippen molar-refractivity contribution in [1.29, 1.82) is 0 Å². The lowest BCUT2D eigenvalue weighted by Crippen LogP contribution is -2.50. The fraction of sp³-hybridized carbons (Fsp3) is 0.607. The van der Waals surface area contributed by atoms with Gasteiger partial charge in [0, 0.05) is 38.3 Å². The number of aromatic nitrogens is 2. The molecule has 2 amide bonds. The number of hydrogen-bond donors (Lipinski definition) is 1. The summed E-state index contributed by atoms with van der Waals surface area (Å²) in [6.45, 7) is 5.29. The molecular weight excluding hydrogens is 440 g/mol. The van der Waals surface area contributed by atoms with E-state index in [0.29, 0.717) is 32.2 Å². The summed E-state index contributed by atoms with van der Waals surface area (Å²) in [6.07, 6.45) is 10.2. The number of carbonyl (C=O) groups is 2. The van der Waals surface area contributed by atoms with Gasteiger partial charge in [0.1, 0.15) is 5.75 Å². The summed E-state index contributed by atoms with van der Waals surface area (Å²) in [5.74, 6) is 1.64. The topological polar surface area (TPSA) is 76.5 Å². The number of para-hydroxylation sites is 1. The Bertz CT molecular complexity index is 1050. The fourth-order valence-corrected chi connectivity index (χ4v) is 5.59. The number of amides is 2. The molecule has 7 heteroatoms. The molecule has 2 fully saturated rings. The van der Waals surface area contributed by atoms with E-state index < -0.39 is 5.41 Å². The Kier molecular flexibility index (Phi) is 7.12. The van der Waals surface area contributed by atoms with Gasteiger partial charge in [0.25, 0.3) is 5.91 Å². The Morgan fingerprint density at radius 1 is 1.14 bits per heavy atom. The Morgan fingerprint density at radius 3 is 2.71 bits per heavy atom. The van der Waals surface area contributed by atoms with Crippen LogP contribution >= 0.6 is 0 Å². The van der Waals surface area contributed by atoms with Crippen LogP contribution in [0.4, 0.5) is 0 Å². The van der Waals surface area contributed by atoms with E-state index in [1.165, 1.54) is 5.56 Å². The predicted molar refractivity (Wildman–Crippen MR) is 135 cm³/mol. The van der Waals surface area contributed by atoms with Crippen LogP contribution in [0.1, 0.15) is 85.8 Å². The monoisotopic (exact) mass is 478 g/mol. The van der Waals surface area contributed by atoms with E-state index in [1.54, 1.807) is 0 Å². The Morgan fingerprint density at radius 2 is 1.94 bits per heavy atom. The van der Waals surface area contributed by atoms with Crippen LogP contribution in [-0.2, 0) is 17.8 Å². The van der Waals surface area contributed by atoms with Crippen LogP contribution in [0.3, 0.4) is 0 Å². The van der Waals surface area contributed by atoms with Gasteiger partial charge in [-0.05, 0) is 69.9 Å². The maximum atomic E-state index is 13.5. The minimum atomic E-state index is -0.391. The van der Waals surface area contributed by atoms with Gasteiger partial charge in [0.15, 0.2) is 0 Å². The average molecular weight is 479 g/mol. The molecule has 188 valence electrons. The van der Waals surface area contributed by atoms with E-state index in [-0.39, 0.29) is 11.8 Å². The highest BCUT2D eigenvalue weighted by atomic mass is 16.5. The van der Waals surface area contributed by atoms with Crippen LogP contribution in [0, 0.1) is 5.41 Å². The zero-order valence-electron chi connectivity index (χ0n) is 20.9. The molecule has 1 spiro atoms. The molecule has 1 aromatic carbocycles. The molecule has 0 radical (unpaired) electrons. The van der Waals surface area contributed by atoms with Crippen molar-refractivity contribution in [2.24, 2.45) is 5.41 Å². The molecule has 1 saturated carbocycles. The van der Waals surface area contributed by atoms with E-state index >= 15 is 0 Å². The van der Waals surface area contributed by atoms with Gasteiger partial charge >= 0.3 is 0 Å². The number of hydrogen-bond acceptors (Lipinski definition) is 4. The highest BCUT2D eigenvalue weighted by Crippen LogP contribution is 2.42. The third-order valence-corrected chi connectivity index (χ3v) is 7.99. The van der Waals surface area contributed by atoms with Gasteiger partial charge in [-0.15, -0.1) is 0 Å². The van der Waals surface area contributed by atoms with Gasteiger partial charge in [0.2, 0.25) is 5.91 Å². The Balaban J connectivity index is 1.26. The molecule has 1 N–H and O–H groups in total. The summed E-state index contributed by atoms with van der Waals surface area (Å²) in [5.41, 5.74) is 2.60. The molecule has 3 aliphatic rings. The molecule has 7 nitrogen and oxygen atoms in total. The van der Waals surface area contributed by atoms with Gasteiger partial charge in [-0.3, -0.25) is 14.3 Å². The molecule has 0 atom stereocenters. The lowest BCUT2D eigenvalue weighted by molar-refractivity contribution is -0.134. The number of piperidine rings is 1. The molecule has 2 aliphatic heterocycles. The maximum absolute atomic E-state index is 13.5. The summed E-state index contributed by atoms with van der Waals surface area (Å²) >= 11 is 0. The first-order valence-corrected chi connectivity index (χ1v) is 13.5. The van der Waals surface area contributed by atoms with Crippen molar-refractivity contribution in [3.8, 4) is 5.75 Å². The Hall–Kier alpha value is -2.83. The number of nitrogens with one attached hydrogen (secondary N) is 1. The second-order valence-electron chi connectivity index (χ2n) is 10.4. The first-order valence-electron chi connectivity index (χ1n) is 13.5. The standard InChI is InChI=1S/C28H38N4O3/c1-2-32-20-23(25(30-32)22-11-12-22)26(33)31-17-14-28(15-18-31)13-6-5-9-21-8-3-4-10-24(21)35-19-7-16-29-27(28)34/h3-4,8,10,20,22H,2,5-7,9,11-19H2,1H3,(H,29,34). The van der Waals surface area contributed by atoms with E-state index in [0.717, 1.165) is 81.3 Å². The van der Waals surface area contributed by atoms with E-state index in [2.05, 4.69) is 29.5 Å². The molecule has 1 saturated heterocycles. The predicted octanol–water partition coefficient (Wildman–Crippen LogP) is 4.31. The number of aryl methyl sites for hydroxylation is 2. The lowest BCUT2D eigenvalue weighted by Gasteiger charge is -2.41. The Labute approximate surface area is 208 Å². The SMILES string of the molecule is CCn1cc(C(=O)N2CCC3(CCCCc4ccccc4OCCCNC3=O)CC2)c(C2CC2)n1. The number of nitrogens with zero attached hydrogens (tertiary/aromatic N) is 3. The molecule has 35 heavy (non-hydrogen) atoms. The fourth-order valence-electron chi connectivity index (χ4n) is 5.59. The number of ether oxygens (including phenoxy) is 1. The average Bonchev–Trinajstić information content (AvgIpc) is 3.64. The third kappa shape index (κ3) is 5.24. The zero-order valence-corrected chi connectivity index (χ0v) is 20.9. The molecule has 5 rings (SSSR count). The van der Waals surface area contributed by atoms with Crippen LogP contribution in [0.25, 0.3) is 0 Å². The molecule has 3 heterocycles. The van der Waals surface area contributed by atoms with Crippen molar-refractivity contribution in [2.75, 3.05) is 26.2 Å². The summed E-state index contributed by atoms with van der Waals surface area (Å²) in [5, 5.41) is 7.87. The van der Waals surface area contributed by atoms with Gasteiger partial charge in [-0.2, -0.15) is 5.10 Å². The minimum Gasteiger partial charge on any atom is -0.493 e. The molecular formula is C28H38N4O3. The second kappa shape index (κ2) is 10.4. The maximum Gasteiger partial charge on any atom is 0.257 e. The summed E-state index contributed by atoms with van der Waals surface area (Å²) in [7, 11) is 0. The van der Waals surface area contributed by atoms with Crippen LogP contribution in [-0.4, -0.2) is 52.7 Å². The normalized spacial score (nSPS) is 21.2. The van der Waals surface area contributed by atoms with Gasteiger partial charge in [-0.25, -0.2) is 0 Å². The minimum absolute atomic E-state index is 0.0836. The van der Waals surface area contributed by atoms with Crippen LogP contribution < -0.4 is 10.1 Å². The highest BCUT2D eigenvalue weighted by Gasteiger charge is 2.42. The second-order valence-corrected chi connectivity index (χ2v) is 10.4. The van der Waals surface area contributed by atoms with Crippen molar-refractivity contribution < 1.29 is 14.3 Å². The van der Waals surface area contributed by atoms with E-state index in [1.807, 2.05) is 27.9 Å². The van der Waals surface area contributed by atoms with Crippen molar-refractivity contribution >= 4 is 11.8 Å². The smallest absolute Gasteiger partial charge is 0.257 e. The lowest BCUT2D eigenvalue weighted by atomic mass is 9.73. The third-order valence-electron chi connectivity index (χ3n) is 7.99. The molecule has 0 unspecified atom stereocenters.